The predicted molar refractivity (Wildman–Crippen MR) is 298 cm³/mol. The Balaban J connectivity index is 4.18. The normalized spacial score (nSPS) is 12.6. The molecule has 0 aromatic carbocycles. The second kappa shape index (κ2) is 57.4. The molecule has 6 nitrogen and oxygen atoms in total. The molecule has 0 aliphatic heterocycles. The van der Waals surface area contributed by atoms with Crippen LogP contribution in [0.4, 0.5) is 0 Å². The molecule has 0 saturated carbocycles. The molecule has 6 heteroatoms. The summed E-state index contributed by atoms with van der Waals surface area (Å²) >= 11 is 0. The van der Waals surface area contributed by atoms with E-state index in [9.17, 15) is 14.4 Å². The Bertz CT molecular complexity index is 1290. The highest BCUT2D eigenvalue weighted by Crippen LogP contribution is 2.16. The first-order valence-electron chi connectivity index (χ1n) is 29.4. The molecule has 0 fully saturated rings. The minimum Gasteiger partial charge on any atom is -0.462 e. The number of rotatable bonds is 53. The molecule has 0 bridgehead atoms. The molecule has 0 saturated heterocycles. The topological polar surface area (TPSA) is 78.9 Å². The van der Waals surface area contributed by atoms with Crippen molar-refractivity contribution in [1.29, 1.82) is 0 Å². The maximum Gasteiger partial charge on any atom is 0.306 e. The number of carbonyl (C=O) groups is 3. The van der Waals surface area contributed by atoms with Crippen molar-refractivity contribution in [3.05, 3.63) is 72.9 Å². The summed E-state index contributed by atoms with van der Waals surface area (Å²) in [5.74, 6) is -0.886. The second-order valence-electron chi connectivity index (χ2n) is 19.5. The van der Waals surface area contributed by atoms with Gasteiger partial charge >= 0.3 is 17.9 Å². The van der Waals surface area contributed by atoms with E-state index in [-0.39, 0.29) is 31.1 Å². The van der Waals surface area contributed by atoms with Crippen LogP contribution in [0.3, 0.4) is 0 Å². The molecule has 0 spiro atoms. The van der Waals surface area contributed by atoms with Gasteiger partial charge in [-0.15, -0.1) is 0 Å². The van der Waals surface area contributed by atoms with Crippen LogP contribution >= 0.6 is 0 Å². The van der Waals surface area contributed by atoms with Gasteiger partial charge < -0.3 is 14.2 Å². The first-order valence-corrected chi connectivity index (χ1v) is 29.4. The van der Waals surface area contributed by atoms with Gasteiger partial charge in [0, 0.05) is 19.3 Å². The summed E-state index contributed by atoms with van der Waals surface area (Å²) in [4.78, 5) is 38.0. The van der Waals surface area contributed by atoms with Gasteiger partial charge in [0.25, 0.3) is 0 Å². The minimum atomic E-state index is -0.779. The number of hydrogen-bond acceptors (Lipinski definition) is 6. The first-order chi connectivity index (χ1) is 34.0. The van der Waals surface area contributed by atoms with Gasteiger partial charge in [0.1, 0.15) is 13.2 Å². The van der Waals surface area contributed by atoms with E-state index in [2.05, 4.69) is 93.7 Å². The lowest BCUT2D eigenvalue weighted by molar-refractivity contribution is -0.167. The van der Waals surface area contributed by atoms with Gasteiger partial charge in [0.05, 0.1) is 0 Å². The fourth-order valence-corrected chi connectivity index (χ4v) is 8.29. The van der Waals surface area contributed by atoms with Crippen molar-refractivity contribution in [1.82, 2.24) is 0 Å². The molecule has 0 aliphatic carbocycles. The third kappa shape index (κ3) is 55.6. The fourth-order valence-electron chi connectivity index (χ4n) is 8.29. The third-order valence-corrected chi connectivity index (χ3v) is 12.7. The van der Waals surface area contributed by atoms with E-state index < -0.39 is 6.10 Å². The van der Waals surface area contributed by atoms with Crippen LogP contribution in [0.25, 0.3) is 0 Å². The lowest BCUT2D eigenvalue weighted by Crippen LogP contribution is -2.30. The number of hydrogen-bond donors (Lipinski definition) is 0. The van der Waals surface area contributed by atoms with E-state index in [1.54, 1.807) is 0 Å². The van der Waals surface area contributed by atoms with E-state index >= 15 is 0 Å². The lowest BCUT2D eigenvalue weighted by atomic mass is 10.0. The van der Waals surface area contributed by atoms with E-state index in [4.69, 9.17) is 14.2 Å². The van der Waals surface area contributed by atoms with Crippen LogP contribution in [0.5, 0.6) is 0 Å². The van der Waals surface area contributed by atoms with E-state index in [0.29, 0.717) is 19.3 Å². The molecule has 0 aromatic heterocycles. The quantitative estimate of drug-likeness (QED) is 0.0262. The Labute approximate surface area is 427 Å². The molecule has 398 valence electrons. The van der Waals surface area contributed by atoms with Crippen LogP contribution in [-0.4, -0.2) is 37.2 Å². The Morgan fingerprint density at radius 2 is 0.565 bits per heavy atom. The number of carbonyl (C=O) groups excluding carboxylic acids is 3. The van der Waals surface area contributed by atoms with Gasteiger partial charge in [-0.05, 0) is 89.9 Å². The minimum absolute atomic E-state index is 0.0782. The maximum absolute atomic E-state index is 12.8. The standard InChI is InChI=1S/C63H110O6/c1-4-7-10-13-16-19-21-23-25-26-27-28-29-30-31-32-33-34-35-36-38-39-41-44-47-50-53-56-62(65)68-59-60(58-67-61(64)55-52-49-46-43-18-15-12-9-6-3)69-63(66)57-54-51-48-45-42-40-37-24-22-20-17-14-11-8-5-2/h7,10,16-17,19-20,23-25,27-28,37,60H,4-6,8-9,11-15,18,21-22,26,29-36,38-59H2,1-3H3/b10-7-,19-16-,20-17-,25-23-,28-27-,37-24-. The predicted octanol–water partition coefficient (Wildman–Crippen LogP) is 19.8. The molecule has 0 radical (unpaired) electrons. The summed E-state index contributed by atoms with van der Waals surface area (Å²) in [5, 5.41) is 0. The zero-order chi connectivity index (χ0) is 50.0. The summed E-state index contributed by atoms with van der Waals surface area (Å²) in [5.41, 5.74) is 0. The average Bonchev–Trinajstić information content (AvgIpc) is 3.35. The summed E-state index contributed by atoms with van der Waals surface area (Å²) in [6.45, 7) is 6.49. The van der Waals surface area contributed by atoms with Crippen molar-refractivity contribution in [3.63, 3.8) is 0 Å². The summed E-state index contributed by atoms with van der Waals surface area (Å²) in [7, 11) is 0. The van der Waals surface area contributed by atoms with E-state index in [1.165, 1.54) is 141 Å². The molecule has 1 atom stereocenters. The summed E-state index contributed by atoms with van der Waals surface area (Å²) < 4.78 is 16.8. The molecular formula is C63H110O6. The van der Waals surface area contributed by atoms with Gasteiger partial charge in [-0.25, -0.2) is 0 Å². The lowest BCUT2D eigenvalue weighted by Gasteiger charge is -2.18. The van der Waals surface area contributed by atoms with Gasteiger partial charge in [-0.2, -0.15) is 0 Å². The van der Waals surface area contributed by atoms with Gasteiger partial charge in [0.2, 0.25) is 0 Å². The molecule has 69 heavy (non-hydrogen) atoms. The highest BCUT2D eigenvalue weighted by Gasteiger charge is 2.19. The highest BCUT2D eigenvalue weighted by molar-refractivity contribution is 5.71. The van der Waals surface area contributed by atoms with Crippen molar-refractivity contribution in [2.45, 2.75) is 297 Å². The van der Waals surface area contributed by atoms with Crippen LogP contribution in [-0.2, 0) is 28.6 Å². The molecule has 0 aliphatic rings. The van der Waals surface area contributed by atoms with Crippen LogP contribution in [0, 0.1) is 0 Å². The van der Waals surface area contributed by atoms with Crippen LogP contribution in [0.2, 0.25) is 0 Å². The zero-order valence-corrected chi connectivity index (χ0v) is 45.6. The van der Waals surface area contributed by atoms with E-state index in [0.717, 1.165) is 109 Å². The smallest absolute Gasteiger partial charge is 0.306 e. The van der Waals surface area contributed by atoms with Crippen molar-refractivity contribution in [3.8, 4) is 0 Å². The second-order valence-corrected chi connectivity index (χ2v) is 19.5. The average molecular weight is 964 g/mol. The molecule has 0 amide bonds. The van der Waals surface area contributed by atoms with Crippen molar-refractivity contribution in [2.24, 2.45) is 0 Å². The SMILES string of the molecule is CC/C=C\C/C=C\C/C=C\C/C=C\CCCCCCCCCCCCCCCCC(=O)OCC(COC(=O)CCCCCCCCCCC)OC(=O)CCCCCCC/C=C\C/C=C\CCCCC. The zero-order valence-electron chi connectivity index (χ0n) is 45.6. The maximum atomic E-state index is 12.8. The molecule has 0 rings (SSSR count). The number of ether oxygens (including phenoxy) is 3. The Kier molecular flexibility index (Phi) is 54.8. The Morgan fingerprint density at radius 1 is 0.304 bits per heavy atom. The largest absolute Gasteiger partial charge is 0.462 e. The number of esters is 3. The van der Waals surface area contributed by atoms with Gasteiger partial charge in [-0.3, -0.25) is 14.4 Å². The fraction of sp³-hybridized carbons (Fsp3) is 0.762. The highest BCUT2D eigenvalue weighted by atomic mass is 16.6. The summed E-state index contributed by atoms with van der Waals surface area (Å²) in [6, 6.07) is 0. The van der Waals surface area contributed by atoms with Crippen LogP contribution < -0.4 is 0 Å². The Hall–Kier alpha value is -3.15. The Morgan fingerprint density at radius 3 is 0.913 bits per heavy atom. The first kappa shape index (κ1) is 65.8. The van der Waals surface area contributed by atoms with E-state index in [1.807, 2.05) is 0 Å². The molecule has 1 unspecified atom stereocenters. The van der Waals surface area contributed by atoms with Gasteiger partial charge in [0.15, 0.2) is 6.10 Å². The summed E-state index contributed by atoms with van der Waals surface area (Å²) in [6.07, 6.45) is 73.4. The molecule has 0 aromatic rings. The van der Waals surface area contributed by atoms with Crippen LogP contribution in [0.1, 0.15) is 290 Å². The van der Waals surface area contributed by atoms with Crippen molar-refractivity contribution >= 4 is 17.9 Å². The molecule has 0 N–H and O–H groups in total. The van der Waals surface area contributed by atoms with Gasteiger partial charge in [-0.1, -0.05) is 254 Å². The number of allylic oxidation sites excluding steroid dienone is 12. The van der Waals surface area contributed by atoms with Crippen molar-refractivity contribution in [2.75, 3.05) is 13.2 Å². The third-order valence-electron chi connectivity index (χ3n) is 12.7. The molecule has 0 heterocycles. The monoisotopic (exact) mass is 963 g/mol. The number of unbranched alkanes of at least 4 members (excludes halogenated alkanes) is 30. The van der Waals surface area contributed by atoms with Crippen molar-refractivity contribution < 1.29 is 28.6 Å². The molecular weight excluding hydrogens is 853 g/mol. The van der Waals surface area contributed by atoms with Crippen LogP contribution in [0.15, 0.2) is 72.9 Å².